The van der Waals surface area contributed by atoms with Crippen molar-refractivity contribution in [2.75, 3.05) is 17.2 Å². The number of rotatable bonds is 3. The summed E-state index contributed by atoms with van der Waals surface area (Å²) in [6, 6.07) is 16.2. The van der Waals surface area contributed by atoms with Crippen LogP contribution in [0, 0.1) is 0 Å². The van der Waals surface area contributed by atoms with Gasteiger partial charge in [-0.25, -0.2) is 0 Å². The van der Waals surface area contributed by atoms with Crippen molar-refractivity contribution < 1.29 is 0 Å². The minimum absolute atomic E-state index is 0. The zero-order valence-electron chi connectivity index (χ0n) is 14.0. The summed E-state index contributed by atoms with van der Waals surface area (Å²) in [5, 5.41) is 12.4. The van der Waals surface area contributed by atoms with E-state index in [1.54, 1.807) is 0 Å². The van der Waals surface area contributed by atoms with Gasteiger partial charge in [-0.2, -0.15) is 4.68 Å². The van der Waals surface area contributed by atoms with E-state index in [9.17, 15) is 0 Å². The van der Waals surface area contributed by atoms with Crippen molar-refractivity contribution in [3.8, 4) is 5.69 Å². The maximum Gasteiger partial charge on any atom is 0.178 e. The smallest absolute Gasteiger partial charge is 0.178 e. The number of tetrazole rings is 1. The summed E-state index contributed by atoms with van der Waals surface area (Å²) in [7, 11) is 0. The molecular formula is C18H21ClN6. The summed E-state index contributed by atoms with van der Waals surface area (Å²) < 4.78 is 1.81. The van der Waals surface area contributed by atoms with Crippen LogP contribution in [0.1, 0.15) is 30.8 Å². The Kier molecular flexibility index (Phi) is 4.90. The molecule has 3 aromatic rings. The molecule has 2 heterocycles. The number of nitrogens with zero attached hydrogens (tertiary/aromatic N) is 5. The number of aromatic nitrogens is 4. The monoisotopic (exact) mass is 356 g/mol. The molecule has 0 amide bonds. The lowest BCUT2D eigenvalue weighted by molar-refractivity contribution is 0.577. The third-order valence-corrected chi connectivity index (χ3v) is 4.66. The number of anilines is 2. The highest BCUT2D eigenvalue weighted by atomic mass is 35.5. The van der Waals surface area contributed by atoms with Gasteiger partial charge in [-0.05, 0) is 60.0 Å². The van der Waals surface area contributed by atoms with Gasteiger partial charge in [0, 0.05) is 17.9 Å². The van der Waals surface area contributed by atoms with Gasteiger partial charge in [0.05, 0.1) is 11.7 Å². The molecule has 130 valence electrons. The Bertz CT molecular complexity index is 848. The highest BCUT2D eigenvalue weighted by molar-refractivity contribution is 5.85. The Morgan fingerprint density at radius 1 is 1.08 bits per heavy atom. The third kappa shape index (κ3) is 3.05. The van der Waals surface area contributed by atoms with E-state index in [0.717, 1.165) is 36.6 Å². The SMILES string of the molecule is CC(c1nnnn1-c1ccccc1)N1CCCc2c(N)cccc21.Cl. The van der Waals surface area contributed by atoms with Crippen molar-refractivity contribution in [3.05, 3.63) is 59.9 Å². The Labute approximate surface area is 153 Å². The van der Waals surface area contributed by atoms with Gasteiger partial charge in [0.2, 0.25) is 0 Å². The maximum absolute atomic E-state index is 6.17. The average Bonchev–Trinajstić information content (AvgIpc) is 3.11. The first-order chi connectivity index (χ1) is 11.8. The van der Waals surface area contributed by atoms with Crippen molar-refractivity contribution in [2.24, 2.45) is 0 Å². The predicted molar refractivity (Wildman–Crippen MR) is 101 cm³/mol. The maximum atomic E-state index is 6.17. The van der Waals surface area contributed by atoms with E-state index in [0.29, 0.717) is 0 Å². The van der Waals surface area contributed by atoms with Gasteiger partial charge in [-0.15, -0.1) is 17.5 Å². The Morgan fingerprint density at radius 2 is 1.88 bits per heavy atom. The number of hydrogen-bond donors (Lipinski definition) is 1. The number of benzene rings is 2. The second-order valence-electron chi connectivity index (χ2n) is 6.10. The van der Waals surface area contributed by atoms with E-state index in [1.165, 1.54) is 11.3 Å². The molecule has 0 aliphatic carbocycles. The van der Waals surface area contributed by atoms with Crippen LogP contribution in [0.15, 0.2) is 48.5 Å². The van der Waals surface area contributed by atoms with Gasteiger partial charge in [0.25, 0.3) is 0 Å². The van der Waals surface area contributed by atoms with E-state index < -0.39 is 0 Å². The standard InChI is InChI=1S/C18H20N6.ClH/c1-13(18-20-21-22-24(18)14-7-3-2-4-8-14)23-12-6-9-15-16(19)10-5-11-17(15)23;/h2-5,7-8,10-11,13H,6,9,12,19H2,1H3;1H. The molecule has 25 heavy (non-hydrogen) atoms. The molecule has 0 fully saturated rings. The molecule has 2 N–H and O–H groups in total. The minimum atomic E-state index is 0. The number of para-hydroxylation sites is 1. The van der Waals surface area contributed by atoms with Crippen LogP contribution in [0.5, 0.6) is 0 Å². The molecule has 0 spiro atoms. The summed E-state index contributed by atoms with van der Waals surface area (Å²) in [5.74, 6) is 0.830. The van der Waals surface area contributed by atoms with Crippen LogP contribution in [-0.4, -0.2) is 26.8 Å². The number of halogens is 1. The molecule has 2 aromatic carbocycles. The lowest BCUT2D eigenvalue weighted by Gasteiger charge is -2.36. The second-order valence-corrected chi connectivity index (χ2v) is 6.10. The van der Waals surface area contributed by atoms with Crippen molar-refractivity contribution >= 4 is 23.8 Å². The fraction of sp³-hybridized carbons (Fsp3) is 0.278. The van der Waals surface area contributed by atoms with Gasteiger partial charge in [-0.3, -0.25) is 0 Å². The minimum Gasteiger partial charge on any atom is -0.398 e. The van der Waals surface area contributed by atoms with Crippen molar-refractivity contribution in [2.45, 2.75) is 25.8 Å². The van der Waals surface area contributed by atoms with E-state index >= 15 is 0 Å². The number of hydrogen-bond acceptors (Lipinski definition) is 5. The third-order valence-electron chi connectivity index (χ3n) is 4.66. The molecule has 0 bridgehead atoms. The Hall–Kier alpha value is -2.60. The van der Waals surface area contributed by atoms with Gasteiger partial charge in [-0.1, -0.05) is 24.3 Å². The molecule has 7 heteroatoms. The predicted octanol–water partition coefficient (Wildman–Crippen LogP) is 3.18. The number of nitrogens with two attached hydrogens (primary N) is 1. The molecule has 0 saturated heterocycles. The lowest BCUT2D eigenvalue weighted by atomic mass is 9.98. The van der Waals surface area contributed by atoms with Crippen LogP contribution in [0.3, 0.4) is 0 Å². The van der Waals surface area contributed by atoms with Crippen LogP contribution in [0.2, 0.25) is 0 Å². The normalized spacial score (nSPS) is 14.5. The molecule has 1 atom stereocenters. The quantitative estimate of drug-likeness (QED) is 0.729. The number of fused-ring (bicyclic) bond motifs is 1. The largest absolute Gasteiger partial charge is 0.398 e. The van der Waals surface area contributed by atoms with E-state index in [2.05, 4.69) is 33.4 Å². The molecule has 1 aromatic heterocycles. The summed E-state index contributed by atoms with van der Waals surface area (Å²) >= 11 is 0. The first kappa shape index (κ1) is 17.2. The topological polar surface area (TPSA) is 72.9 Å². The highest BCUT2D eigenvalue weighted by Crippen LogP contribution is 2.36. The van der Waals surface area contributed by atoms with Crippen LogP contribution in [0.4, 0.5) is 11.4 Å². The molecule has 0 radical (unpaired) electrons. The van der Waals surface area contributed by atoms with Gasteiger partial charge >= 0.3 is 0 Å². The van der Waals surface area contributed by atoms with Gasteiger partial charge < -0.3 is 10.6 Å². The zero-order valence-corrected chi connectivity index (χ0v) is 14.9. The fourth-order valence-electron chi connectivity index (χ4n) is 3.43. The number of nitrogen functional groups attached to an aromatic ring is 1. The first-order valence-corrected chi connectivity index (χ1v) is 8.23. The fourth-order valence-corrected chi connectivity index (χ4v) is 3.43. The molecule has 1 aliphatic heterocycles. The van der Waals surface area contributed by atoms with E-state index in [1.807, 2.05) is 47.1 Å². The Balaban J connectivity index is 0.00000182. The van der Waals surface area contributed by atoms with Crippen molar-refractivity contribution in [1.29, 1.82) is 0 Å². The van der Waals surface area contributed by atoms with Crippen molar-refractivity contribution in [3.63, 3.8) is 0 Å². The molecular weight excluding hydrogens is 336 g/mol. The molecule has 1 unspecified atom stereocenters. The van der Waals surface area contributed by atoms with Crippen LogP contribution < -0.4 is 10.6 Å². The van der Waals surface area contributed by atoms with Gasteiger partial charge in [0.1, 0.15) is 0 Å². The van der Waals surface area contributed by atoms with E-state index in [4.69, 9.17) is 5.73 Å². The summed E-state index contributed by atoms with van der Waals surface area (Å²) in [6.07, 6.45) is 2.10. The summed E-state index contributed by atoms with van der Waals surface area (Å²) in [5.41, 5.74) is 10.4. The molecule has 6 nitrogen and oxygen atoms in total. The molecule has 1 aliphatic rings. The molecule has 0 saturated carbocycles. The van der Waals surface area contributed by atoms with E-state index in [-0.39, 0.29) is 18.4 Å². The van der Waals surface area contributed by atoms with Crippen LogP contribution >= 0.6 is 12.4 Å². The molecule has 4 rings (SSSR count). The zero-order chi connectivity index (χ0) is 16.5. The van der Waals surface area contributed by atoms with Crippen molar-refractivity contribution in [1.82, 2.24) is 20.2 Å². The highest BCUT2D eigenvalue weighted by Gasteiger charge is 2.27. The van der Waals surface area contributed by atoms with Crippen LogP contribution in [-0.2, 0) is 6.42 Å². The second kappa shape index (κ2) is 7.11. The summed E-state index contributed by atoms with van der Waals surface area (Å²) in [4.78, 5) is 2.35. The first-order valence-electron chi connectivity index (χ1n) is 8.23. The lowest BCUT2D eigenvalue weighted by Crippen LogP contribution is -2.33. The van der Waals surface area contributed by atoms with Crippen LogP contribution in [0.25, 0.3) is 5.69 Å². The Morgan fingerprint density at radius 3 is 2.68 bits per heavy atom. The van der Waals surface area contributed by atoms with Gasteiger partial charge in [0.15, 0.2) is 5.82 Å². The average molecular weight is 357 g/mol. The summed E-state index contributed by atoms with van der Waals surface area (Å²) in [6.45, 7) is 3.11.